The van der Waals surface area contributed by atoms with Crippen molar-refractivity contribution in [3.63, 3.8) is 0 Å². The molecule has 0 unspecified atom stereocenters. The molecule has 0 aliphatic carbocycles. The van der Waals surface area contributed by atoms with Gasteiger partial charge in [0, 0.05) is 39.0 Å². The van der Waals surface area contributed by atoms with Gasteiger partial charge >= 0.3 is 122 Å². The second-order valence-electron chi connectivity index (χ2n) is 22.5. The van der Waals surface area contributed by atoms with Crippen molar-refractivity contribution in [2.24, 2.45) is 0 Å². The summed E-state index contributed by atoms with van der Waals surface area (Å²) in [5.41, 5.74) is 4.68. The monoisotopic (exact) mass is 1400 g/mol. The molecule has 77 heavy (non-hydrogen) atoms. The van der Waals surface area contributed by atoms with Crippen LogP contribution in [0.4, 0.5) is 0 Å². The van der Waals surface area contributed by atoms with Gasteiger partial charge < -0.3 is 0 Å². The Bertz CT molecular complexity index is 2380. The summed E-state index contributed by atoms with van der Waals surface area (Å²) in [6, 6.07) is 25.2. The summed E-state index contributed by atoms with van der Waals surface area (Å²) in [7, 11) is 0. The number of unbranched alkanes of at least 4 members (excludes halogenated alkanes) is 27. The van der Waals surface area contributed by atoms with Crippen LogP contribution in [0.15, 0.2) is 90.4 Å². The van der Waals surface area contributed by atoms with Gasteiger partial charge in [0.25, 0.3) is 0 Å². The molecule has 0 aromatic carbocycles. The van der Waals surface area contributed by atoms with Crippen molar-refractivity contribution in [2.75, 3.05) is 0 Å². The van der Waals surface area contributed by atoms with Crippen molar-refractivity contribution >= 4 is 132 Å². The first-order chi connectivity index (χ1) is 37.6. The summed E-state index contributed by atoms with van der Waals surface area (Å²) in [4.78, 5) is 18.7. The number of hydrogen-bond donors (Lipinski definition) is 0. The molecule has 7 rings (SSSR count). The SMILES string of the molecule is Brc1ccc(-c2ccc(Br)s2)s1.CCCCCCCCCCCCc1cs[c]([Sn]([CH3])([CH3])[CH3])c1.CCCCCCCCCCCCc1csc(-c2ccc(-c3ccc(-c4cc(CCCCCCCCCCCC)cs4)s3)s2)c1. The van der Waals surface area contributed by atoms with Gasteiger partial charge in [-0.1, -0.05) is 149 Å². The van der Waals surface area contributed by atoms with Crippen LogP contribution in [0, 0.1) is 0 Å². The molecule has 0 amide bonds. The zero-order valence-electron chi connectivity index (χ0n) is 48.5. The van der Waals surface area contributed by atoms with Crippen molar-refractivity contribution in [3.05, 3.63) is 107 Å². The Labute approximate surface area is 520 Å². The minimum absolute atomic E-state index is 1.18. The molecule has 0 aliphatic heterocycles. The van der Waals surface area contributed by atoms with Gasteiger partial charge in [0.15, 0.2) is 0 Å². The Morgan fingerprint density at radius 1 is 0.299 bits per heavy atom. The van der Waals surface area contributed by atoms with Gasteiger partial charge in [0.2, 0.25) is 0 Å². The Hall–Kier alpha value is -0.341. The fraction of sp³-hybridized carbons (Fsp3) is 0.582. The molecule has 0 aliphatic rings. The molecule has 0 fully saturated rings. The summed E-state index contributed by atoms with van der Waals surface area (Å²) >= 11 is 18.4. The van der Waals surface area contributed by atoms with Crippen molar-refractivity contribution in [3.8, 4) is 39.0 Å². The van der Waals surface area contributed by atoms with Gasteiger partial charge in [-0.15, -0.1) is 68.0 Å². The topological polar surface area (TPSA) is 0 Å². The predicted octanol–water partition coefficient (Wildman–Crippen LogP) is 27.6. The maximum absolute atomic E-state index is 3.45. The smallest absolute Gasteiger partial charge is 0.0449 e. The standard InChI is InChI=1S/C40H58S4.C16H27S.C8H4Br2S2.3CH3.Sn/c1-3-5-7-9-11-13-15-17-19-21-23-33-29-39(41-31-33)37-27-25-35(43-37)36-26-28-38(44-36)40-30-34(32-42-40)24-22-20-18-16-14-12-10-8-6-4-2;1-2-3-4-5-6-7-8-9-10-11-12-16-13-14-17-15-16;9-7-3-1-5(11-7)6-2-4-8(10)12-6;;;;/h25-32H,3-24H2,1-2H3;13,15H,2-12H2,1H3;1-4H;3*1H3;. The molecule has 10 heteroatoms. The normalized spacial score (nSPS) is 11.5. The Morgan fingerprint density at radius 3 is 0.844 bits per heavy atom. The molecule has 0 bridgehead atoms. The fourth-order valence-corrected chi connectivity index (χ4v) is 23.1. The Kier molecular flexibility index (Phi) is 35.7. The minimum Gasteiger partial charge on any atom is -0.143 e. The summed E-state index contributed by atoms with van der Waals surface area (Å²) in [5.74, 6) is 0. The quantitative estimate of drug-likeness (QED) is 0.0267. The van der Waals surface area contributed by atoms with Crippen molar-refractivity contribution < 1.29 is 0 Å². The third-order valence-electron chi connectivity index (χ3n) is 14.5. The molecular formula is C67H98Br2S7Sn. The maximum atomic E-state index is 3.45. The van der Waals surface area contributed by atoms with Gasteiger partial charge in [-0.05, 0) is 140 Å². The summed E-state index contributed by atoms with van der Waals surface area (Å²) in [6.07, 6.45) is 46.3. The van der Waals surface area contributed by atoms with Gasteiger partial charge in [-0.25, -0.2) is 0 Å². The van der Waals surface area contributed by atoms with E-state index in [1.165, 1.54) is 270 Å². The number of rotatable bonds is 38. The summed E-state index contributed by atoms with van der Waals surface area (Å²) in [5, 5.41) is 7.22. The van der Waals surface area contributed by atoms with Crippen LogP contribution in [0.1, 0.15) is 230 Å². The van der Waals surface area contributed by atoms with Crippen molar-refractivity contribution in [1.82, 2.24) is 0 Å². The second kappa shape index (κ2) is 40.8. The molecule has 0 atom stereocenters. The van der Waals surface area contributed by atoms with E-state index in [2.05, 4.69) is 150 Å². The number of halogens is 2. The van der Waals surface area contributed by atoms with E-state index < -0.39 is 18.4 Å². The number of aryl methyl sites for hydroxylation is 3. The minimum atomic E-state index is -1.79. The van der Waals surface area contributed by atoms with E-state index in [4.69, 9.17) is 0 Å². The maximum Gasteiger partial charge on any atom is 0.0449 e. The van der Waals surface area contributed by atoms with E-state index >= 15 is 0 Å². The van der Waals surface area contributed by atoms with Crippen LogP contribution in [0.2, 0.25) is 14.8 Å². The fourth-order valence-electron chi connectivity index (χ4n) is 9.72. The Balaban J connectivity index is 0.000000270. The van der Waals surface area contributed by atoms with Crippen LogP contribution in [0.3, 0.4) is 0 Å². The van der Waals surface area contributed by atoms with Crippen LogP contribution < -0.4 is 2.89 Å². The summed E-state index contributed by atoms with van der Waals surface area (Å²) < 4.78 is 4.11. The van der Waals surface area contributed by atoms with E-state index in [0.29, 0.717) is 0 Å². The molecule has 0 nitrogen and oxygen atoms in total. The van der Waals surface area contributed by atoms with E-state index in [0.717, 1.165) is 0 Å². The van der Waals surface area contributed by atoms with E-state index in [9.17, 15) is 0 Å². The van der Waals surface area contributed by atoms with Crippen LogP contribution in [-0.4, -0.2) is 18.4 Å². The number of hydrogen-bond acceptors (Lipinski definition) is 7. The molecule has 7 aromatic heterocycles. The molecule has 0 radical (unpaired) electrons. The van der Waals surface area contributed by atoms with E-state index in [-0.39, 0.29) is 0 Å². The molecule has 7 heterocycles. The van der Waals surface area contributed by atoms with Crippen LogP contribution in [0.25, 0.3) is 39.0 Å². The van der Waals surface area contributed by atoms with Crippen LogP contribution >= 0.6 is 111 Å². The average Bonchev–Trinajstić information content (AvgIpc) is 4.30. The van der Waals surface area contributed by atoms with E-state index in [1.54, 1.807) is 31.1 Å². The molecule has 0 spiro atoms. The molecule has 0 saturated heterocycles. The van der Waals surface area contributed by atoms with Gasteiger partial charge in [-0.2, -0.15) is 0 Å². The van der Waals surface area contributed by atoms with Gasteiger partial charge in [0.1, 0.15) is 0 Å². The molecule has 426 valence electrons. The molecule has 0 saturated carbocycles. The van der Waals surface area contributed by atoms with Gasteiger partial charge in [-0.3, -0.25) is 0 Å². The first-order valence-electron chi connectivity index (χ1n) is 30.5. The van der Waals surface area contributed by atoms with E-state index in [1.807, 2.05) is 56.7 Å². The van der Waals surface area contributed by atoms with Gasteiger partial charge in [0.05, 0.1) is 7.57 Å². The zero-order valence-corrected chi connectivity index (χ0v) is 60.3. The molecule has 7 aromatic rings. The zero-order chi connectivity index (χ0) is 54.8. The first kappa shape index (κ1) is 67.4. The average molecular weight is 1410 g/mol. The molecule has 0 N–H and O–H groups in total. The largest absolute Gasteiger partial charge is 0.143 e. The van der Waals surface area contributed by atoms with Crippen molar-refractivity contribution in [2.45, 2.75) is 247 Å². The molecular weight excluding hydrogens is 1310 g/mol. The summed E-state index contributed by atoms with van der Waals surface area (Å²) in [6.45, 7) is 6.89. The number of thiophene rings is 7. The van der Waals surface area contributed by atoms with Crippen LogP contribution in [0.5, 0.6) is 0 Å². The third kappa shape index (κ3) is 28.2. The van der Waals surface area contributed by atoms with Crippen molar-refractivity contribution in [1.29, 1.82) is 0 Å². The van der Waals surface area contributed by atoms with Crippen LogP contribution in [-0.2, 0) is 19.3 Å². The second-order valence-corrected chi connectivity index (χ2v) is 47.8. The third-order valence-corrected chi connectivity index (χ3v) is 33.2. The predicted molar refractivity (Wildman–Crippen MR) is 371 cm³/mol. The first-order valence-corrected chi connectivity index (χ1v) is 48.0. The Morgan fingerprint density at radius 2 is 0.558 bits per heavy atom.